The summed E-state index contributed by atoms with van der Waals surface area (Å²) in [5, 5.41) is 5.31. The maximum absolute atomic E-state index is 12.3. The molecule has 130 valence electrons. The van der Waals surface area contributed by atoms with Crippen LogP contribution in [0.4, 0.5) is 10.5 Å². The van der Waals surface area contributed by atoms with E-state index in [0.29, 0.717) is 17.9 Å². The number of aryl methyl sites for hydroxylation is 1. The summed E-state index contributed by atoms with van der Waals surface area (Å²) >= 11 is 0. The van der Waals surface area contributed by atoms with E-state index >= 15 is 0 Å². The minimum Gasteiger partial charge on any atom is -0.495 e. The lowest BCUT2D eigenvalue weighted by Crippen LogP contribution is -2.38. The van der Waals surface area contributed by atoms with Crippen molar-refractivity contribution in [3.63, 3.8) is 0 Å². The van der Waals surface area contributed by atoms with Gasteiger partial charge >= 0.3 is 6.03 Å². The summed E-state index contributed by atoms with van der Waals surface area (Å²) in [7, 11) is 1.51. The molecule has 0 aliphatic carbocycles. The van der Waals surface area contributed by atoms with Crippen molar-refractivity contribution < 1.29 is 19.1 Å². The van der Waals surface area contributed by atoms with E-state index in [9.17, 15) is 14.4 Å². The zero-order valence-corrected chi connectivity index (χ0v) is 14.4. The lowest BCUT2D eigenvalue weighted by molar-refractivity contribution is -0.131. The van der Waals surface area contributed by atoms with Gasteiger partial charge in [0.1, 0.15) is 18.3 Å². The van der Waals surface area contributed by atoms with Crippen LogP contribution in [0.3, 0.4) is 0 Å². The maximum atomic E-state index is 12.3. The average molecular weight is 333 g/mol. The Morgan fingerprint density at radius 3 is 2.71 bits per heavy atom. The molecule has 1 fully saturated rings. The van der Waals surface area contributed by atoms with Gasteiger partial charge in [-0.15, -0.1) is 0 Å². The lowest BCUT2D eigenvalue weighted by atomic mass is 10.0. The van der Waals surface area contributed by atoms with E-state index < -0.39 is 18.0 Å². The molecule has 7 nitrogen and oxygen atoms in total. The van der Waals surface area contributed by atoms with Crippen LogP contribution in [0, 0.1) is 12.8 Å². The molecular weight excluding hydrogens is 310 g/mol. The third kappa shape index (κ3) is 4.04. The zero-order chi connectivity index (χ0) is 17.9. The van der Waals surface area contributed by atoms with E-state index in [1.165, 1.54) is 7.11 Å². The molecule has 24 heavy (non-hydrogen) atoms. The maximum Gasteiger partial charge on any atom is 0.325 e. The van der Waals surface area contributed by atoms with Crippen LogP contribution in [0.2, 0.25) is 0 Å². The van der Waals surface area contributed by atoms with Crippen molar-refractivity contribution in [1.29, 1.82) is 0 Å². The van der Waals surface area contributed by atoms with Crippen LogP contribution >= 0.6 is 0 Å². The second-order valence-corrected chi connectivity index (χ2v) is 6.31. The summed E-state index contributed by atoms with van der Waals surface area (Å²) in [6.07, 6.45) is 0.550. The summed E-state index contributed by atoms with van der Waals surface area (Å²) in [6.45, 7) is 5.51. The summed E-state index contributed by atoms with van der Waals surface area (Å²) in [4.78, 5) is 37.4. The Labute approximate surface area is 141 Å². The van der Waals surface area contributed by atoms with Gasteiger partial charge in [0.15, 0.2) is 0 Å². The van der Waals surface area contributed by atoms with Gasteiger partial charge in [0.2, 0.25) is 5.91 Å². The highest BCUT2D eigenvalue weighted by Gasteiger charge is 2.39. The van der Waals surface area contributed by atoms with Crippen LogP contribution in [0.25, 0.3) is 0 Å². The fourth-order valence-electron chi connectivity index (χ4n) is 2.61. The van der Waals surface area contributed by atoms with Crippen molar-refractivity contribution in [3.05, 3.63) is 23.8 Å². The Hall–Kier alpha value is -2.57. The number of nitrogens with one attached hydrogen (secondary N) is 2. The number of carbonyl (C=O) groups excluding carboxylic acids is 3. The van der Waals surface area contributed by atoms with Gasteiger partial charge in [-0.25, -0.2) is 4.79 Å². The number of carbonyl (C=O) groups is 3. The highest BCUT2D eigenvalue weighted by atomic mass is 16.5. The minimum atomic E-state index is -0.557. The number of hydrogen-bond acceptors (Lipinski definition) is 4. The predicted octanol–water partition coefficient (Wildman–Crippen LogP) is 1.91. The van der Waals surface area contributed by atoms with Crippen LogP contribution in [0.15, 0.2) is 18.2 Å². The first-order valence-electron chi connectivity index (χ1n) is 7.88. The molecule has 7 heteroatoms. The van der Waals surface area contributed by atoms with Crippen LogP contribution in [0.1, 0.15) is 25.8 Å². The summed E-state index contributed by atoms with van der Waals surface area (Å²) < 4.78 is 5.20. The van der Waals surface area contributed by atoms with Gasteiger partial charge < -0.3 is 15.4 Å². The smallest absolute Gasteiger partial charge is 0.325 e. The number of urea groups is 1. The molecular formula is C17H23N3O4. The van der Waals surface area contributed by atoms with Crippen LogP contribution in [0.5, 0.6) is 5.75 Å². The van der Waals surface area contributed by atoms with Crippen LogP contribution in [-0.2, 0) is 9.59 Å². The first-order valence-corrected chi connectivity index (χ1v) is 7.88. The Morgan fingerprint density at radius 1 is 1.38 bits per heavy atom. The quantitative estimate of drug-likeness (QED) is 0.779. The molecule has 1 aromatic rings. The van der Waals surface area contributed by atoms with Crippen LogP contribution < -0.4 is 15.4 Å². The third-order valence-corrected chi connectivity index (χ3v) is 3.74. The highest BCUT2D eigenvalue weighted by molar-refractivity contribution is 6.08. The van der Waals surface area contributed by atoms with Crippen molar-refractivity contribution in [1.82, 2.24) is 10.2 Å². The second kappa shape index (κ2) is 7.33. The predicted molar refractivity (Wildman–Crippen MR) is 89.8 cm³/mol. The van der Waals surface area contributed by atoms with E-state index in [1.807, 2.05) is 26.8 Å². The Balaban J connectivity index is 2.03. The molecule has 1 heterocycles. The lowest BCUT2D eigenvalue weighted by Gasteiger charge is -2.15. The fraction of sp³-hybridized carbons (Fsp3) is 0.471. The van der Waals surface area contributed by atoms with Gasteiger partial charge in [0, 0.05) is 0 Å². The summed E-state index contributed by atoms with van der Waals surface area (Å²) in [6, 6.07) is 4.29. The molecule has 0 aromatic heterocycles. The van der Waals surface area contributed by atoms with Gasteiger partial charge in [0.05, 0.1) is 12.8 Å². The van der Waals surface area contributed by atoms with Gasteiger partial charge in [0.25, 0.3) is 5.91 Å². The molecule has 0 saturated carbocycles. The first-order chi connectivity index (χ1) is 11.3. The molecule has 1 aliphatic rings. The number of methoxy groups -OCH3 is 1. The number of anilines is 1. The molecule has 1 atom stereocenters. The number of benzene rings is 1. The van der Waals surface area contributed by atoms with E-state index in [4.69, 9.17) is 4.74 Å². The number of nitrogens with zero attached hydrogens (tertiary/aromatic N) is 1. The van der Waals surface area contributed by atoms with Crippen LogP contribution in [-0.4, -0.2) is 42.4 Å². The van der Waals surface area contributed by atoms with Crippen molar-refractivity contribution in [2.75, 3.05) is 19.0 Å². The van der Waals surface area contributed by atoms with Gasteiger partial charge in [-0.1, -0.05) is 19.9 Å². The van der Waals surface area contributed by atoms with E-state index in [-0.39, 0.29) is 18.4 Å². The Bertz CT molecular complexity index is 657. The van der Waals surface area contributed by atoms with Crippen molar-refractivity contribution in [2.45, 2.75) is 33.2 Å². The summed E-state index contributed by atoms with van der Waals surface area (Å²) in [5.74, 6) is -0.0268. The van der Waals surface area contributed by atoms with Crippen molar-refractivity contribution in [2.24, 2.45) is 5.92 Å². The SMILES string of the molecule is COc1ccc(C)cc1NC(=O)CN1C(=O)N[C@@H](CC(C)C)C1=O. The highest BCUT2D eigenvalue weighted by Crippen LogP contribution is 2.25. The standard InChI is InChI=1S/C17H23N3O4/c1-10(2)7-13-16(22)20(17(23)19-13)9-15(21)18-12-8-11(3)5-6-14(12)24-4/h5-6,8,10,13H,7,9H2,1-4H3,(H,18,21)(H,19,23)/t13-/m0/s1. The van der Waals surface area contributed by atoms with Gasteiger partial charge in [-0.2, -0.15) is 0 Å². The third-order valence-electron chi connectivity index (χ3n) is 3.74. The normalized spacial score (nSPS) is 17.2. The molecule has 0 unspecified atom stereocenters. The largest absolute Gasteiger partial charge is 0.495 e. The number of ether oxygens (including phenoxy) is 1. The number of hydrogen-bond donors (Lipinski definition) is 2. The zero-order valence-electron chi connectivity index (χ0n) is 14.4. The van der Waals surface area contributed by atoms with Gasteiger partial charge in [-0.05, 0) is 37.0 Å². The average Bonchev–Trinajstić information content (AvgIpc) is 2.74. The second-order valence-electron chi connectivity index (χ2n) is 6.31. The minimum absolute atomic E-state index is 0.268. The molecule has 0 radical (unpaired) electrons. The molecule has 1 aliphatic heterocycles. The van der Waals surface area contributed by atoms with Gasteiger partial charge in [-0.3, -0.25) is 14.5 Å². The number of rotatable bonds is 6. The monoisotopic (exact) mass is 333 g/mol. The number of imide groups is 1. The fourth-order valence-corrected chi connectivity index (χ4v) is 2.61. The summed E-state index contributed by atoms with van der Waals surface area (Å²) in [5.41, 5.74) is 1.46. The molecule has 4 amide bonds. The molecule has 1 saturated heterocycles. The van der Waals surface area contributed by atoms with E-state index in [1.54, 1.807) is 12.1 Å². The van der Waals surface area contributed by atoms with E-state index in [2.05, 4.69) is 10.6 Å². The number of amides is 4. The molecule has 0 bridgehead atoms. The Kier molecular flexibility index (Phi) is 5.43. The van der Waals surface area contributed by atoms with Crippen molar-refractivity contribution in [3.8, 4) is 5.75 Å². The Morgan fingerprint density at radius 2 is 2.08 bits per heavy atom. The van der Waals surface area contributed by atoms with Crippen molar-refractivity contribution >= 4 is 23.5 Å². The molecule has 1 aromatic carbocycles. The van der Waals surface area contributed by atoms with E-state index in [0.717, 1.165) is 10.5 Å². The molecule has 2 rings (SSSR count). The first kappa shape index (κ1) is 17.8. The topological polar surface area (TPSA) is 87.7 Å². The molecule has 2 N–H and O–H groups in total. The molecule has 0 spiro atoms.